The van der Waals surface area contributed by atoms with Crippen molar-refractivity contribution >= 4 is 17.7 Å². The smallest absolute Gasteiger partial charge is 0.337 e. The van der Waals surface area contributed by atoms with E-state index in [9.17, 15) is 9.59 Å². The van der Waals surface area contributed by atoms with Crippen molar-refractivity contribution < 1.29 is 14.7 Å². The first-order chi connectivity index (χ1) is 7.54. The second-order valence-electron chi connectivity index (χ2n) is 3.19. The molecule has 0 unspecified atom stereocenters. The van der Waals surface area contributed by atoms with Crippen molar-refractivity contribution in [2.24, 2.45) is 5.73 Å². The van der Waals surface area contributed by atoms with Gasteiger partial charge in [-0.3, -0.25) is 4.79 Å². The molecule has 0 bridgehead atoms. The van der Waals surface area contributed by atoms with Gasteiger partial charge in [0.1, 0.15) is 5.82 Å². The number of carboxylic acids is 1. The molecule has 0 aliphatic rings. The SMILES string of the molecule is CCN(CC(N)=O)c1ccc(C(=O)O)cn1. The molecule has 0 atom stereocenters. The molecule has 6 heteroatoms. The Hall–Kier alpha value is -2.11. The summed E-state index contributed by atoms with van der Waals surface area (Å²) in [5.41, 5.74) is 5.19. The van der Waals surface area contributed by atoms with Gasteiger partial charge in [0.25, 0.3) is 0 Å². The third-order valence-electron chi connectivity index (χ3n) is 2.05. The molecule has 16 heavy (non-hydrogen) atoms. The van der Waals surface area contributed by atoms with Gasteiger partial charge in [-0.1, -0.05) is 0 Å². The highest BCUT2D eigenvalue weighted by atomic mass is 16.4. The zero-order valence-corrected chi connectivity index (χ0v) is 8.88. The van der Waals surface area contributed by atoms with E-state index in [-0.39, 0.29) is 12.1 Å². The number of anilines is 1. The second-order valence-corrected chi connectivity index (χ2v) is 3.19. The first-order valence-electron chi connectivity index (χ1n) is 4.77. The van der Waals surface area contributed by atoms with Crippen LogP contribution in [0.1, 0.15) is 17.3 Å². The number of primary amides is 1. The van der Waals surface area contributed by atoms with Crippen molar-refractivity contribution in [3.05, 3.63) is 23.9 Å². The molecule has 3 N–H and O–H groups in total. The van der Waals surface area contributed by atoms with E-state index < -0.39 is 11.9 Å². The highest BCUT2D eigenvalue weighted by Crippen LogP contribution is 2.10. The molecule has 0 saturated carbocycles. The van der Waals surface area contributed by atoms with E-state index >= 15 is 0 Å². The summed E-state index contributed by atoms with van der Waals surface area (Å²) >= 11 is 0. The molecule has 6 nitrogen and oxygen atoms in total. The molecular formula is C10H13N3O3. The number of hydrogen-bond donors (Lipinski definition) is 2. The maximum atomic E-state index is 10.8. The van der Waals surface area contributed by atoms with Crippen molar-refractivity contribution in [2.45, 2.75) is 6.92 Å². The van der Waals surface area contributed by atoms with E-state index in [1.807, 2.05) is 6.92 Å². The Labute approximate surface area is 92.7 Å². The Morgan fingerprint density at radius 2 is 2.19 bits per heavy atom. The maximum absolute atomic E-state index is 10.8. The fourth-order valence-electron chi connectivity index (χ4n) is 1.24. The molecule has 0 radical (unpaired) electrons. The van der Waals surface area contributed by atoms with Crippen LogP contribution in [0.15, 0.2) is 18.3 Å². The zero-order valence-electron chi connectivity index (χ0n) is 8.88. The van der Waals surface area contributed by atoms with E-state index in [1.165, 1.54) is 12.3 Å². The number of pyridine rings is 1. The van der Waals surface area contributed by atoms with Crippen molar-refractivity contribution in [2.75, 3.05) is 18.0 Å². The molecule has 0 spiro atoms. The number of carbonyl (C=O) groups excluding carboxylic acids is 1. The lowest BCUT2D eigenvalue weighted by Gasteiger charge is -2.19. The summed E-state index contributed by atoms with van der Waals surface area (Å²) in [7, 11) is 0. The monoisotopic (exact) mass is 223 g/mol. The summed E-state index contributed by atoms with van der Waals surface area (Å²) in [6, 6.07) is 2.99. The molecule has 1 aromatic heterocycles. The van der Waals surface area contributed by atoms with Gasteiger partial charge in [-0.15, -0.1) is 0 Å². The van der Waals surface area contributed by atoms with Gasteiger partial charge in [0.05, 0.1) is 12.1 Å². The van der Waals surface area contributed by atoms with Gasteiger partial charge in [-0.25, -0.2) is 9.78 Å². The molecule has 0 aromatic carbocycles. The van der Waals surface area contributed by atoms with E-state index in [2.05, 4.69) is 4.98 Å². The predicted octanol–water partition coefficient (Wildman–Crippen LogP) is 0.0914. The molecule has 86 valence electrons. The molecule has 1 heterocycles. The second kappa shape index (κ2) is 5.11. The Bertz CT molecular complexity index is 389. The summed E-state index contributed by atoms with van der Waals surface area (Å²) in [6.07, 6.45) is 1.25. The number of aromatic carboxylic acids is 1. The van der Waals surface area contributed by atoms with Crippen molar-refractivity contribution in [3.63, 3.8) is 0 Å². The van der Waals surface area contributed by atoms with Crippen molar-refractivity contribution in [1.82, 2.24) is 4.98 Å². The lowest BCUT2D eigenvalue weighted by atomic mass is 10.3. The van der Waals surface area contributed by atoms with E-state index in [0.29, 0.717) is 12.4 Å². The van der Waals surface area contributed by atoms with Crippen LogP contribution in [0.5, 0.6) is 0 Å². The largest absolute Gasteiger partial charge is 0.478 e. The molecule has 0 fully saturated rings. The molecule has 0 aliphatic carbocycles. The fourth-order valence-corrected chi connectivity index (χ4v) is 1.24. The number of nitrogens with zero attached hydrogens (tertiary/aromatic N) is 2. The van der Waals surface area contributed by atoms with Crippen LogP contribution < -0.4 is 10.6 Å². The Kier molecular flexibility index (Phi) is 3.82. The molecule has 1 amide bonds. The lowest BCUT2D eigenvalue weighted by molar-refractivity contribution is -0.116. The Morgan fingerprint density at radius 3 is 2.56 bits per heavy atom. The standard InChI is InChI=1S/C10H13N3O3/c1-2-13(6-8(11)14)9-4-3-7(5-12-9)10(15)16/h3-5H,2,6H2,1H3,(H2,11,14)(H,15,16). The number of amides is 1. The number of hydrogen-bond acceptors (Lipinski definition) is 4. The minimum atomic E-state index is -1.03. The fraction of sp³-hybridized carbons (Fsp3) is 0.300. The third kappa shape index (κ3) is 2.94. The highest BCUT2D eigenvalue weighted by Gasteiger charge is 2.09. The van der Waals surface area contributed by atoms with Crippen LogP contribution in [0.4, 0.5) is 5.82 Å². The summed E-state index contributed by atoms with van der Waals surface area (Å²) < 4.78 is 0. The average Bonchev–Trinajstić information content (AvgIpc) is 2.25. The number of aromatic nitrogens is 1. The van der Waals surface area contributed by atoms with Crippen LogP contribution in [0, 0.1) is 0 Å². The van der Waals surface area contributed by atoms with Gasteiger partial charge in [0.2, 0.25) is 5.91 Å². The first-order valence-corrected chi connectivity index (χ1v) is 4.77. The number of nitrogens with two attached hydrogens (primary N) is 1. The van der Waals surface area contributed by atoms with Crippen LogP contribution in [0.25, 0.3) is 0 Å². The first kappa shape index (κ1) is 12.0. The third-order valence-corrected chi connectivity index (χ3v) is 2.05. The summed E-state index contributed by atoms with van der Waals surface area (Å²) in [6.45, 7) is 2.49. The summed E-state index contributed by atoms with van der Waals surface area (Å²) in [4.78, 5) is 27.0. The predicted molar refractivity (Wildman–Crippen MR) is 58.3 cm³/mol. The van der Waals surface area contributed by atoms with Gasteiger partial charge in [-0.05, 0) is 19.1 Å². The lowest BCUT2D eigenvalue weighted by Crippen LogP contribution is -2.34. The molecule has 0 aliphatic heterocycles. The van der Waals surface area contributed by atoms with Gasteiger partial charge >= 0.3 is 5.97 Å². The van der Waals surface area contributed by atoms with E-state index in [1.54, 1.807) is 11.0 Å². The van der Waals surface area contributed by atoms with Crippen LogP contribution in [0.2, 0.25) is 0 Å². The van der Waals surface area contributed by atoms with Crippen LogP contribution >= 0.6 is 0 Å². The number of carbonyl (C=O) groups is 2. The number of carboxylic acid groups (broad SMARTS) is 1. The van der Waals surface area contributed by atoms with Crippen molar-refractivity contribution in [3.8, 4) is 0 Å². The Morgan fingerprint density at radius 1 is 1.50 bits per heavy atom. The van der Waals surface area contributed by atoms with E-state index in [0.717, 1.165) is 0 Å². The molecule has 1 aromatic rings. The average molecular weight is 223 g/mol. The van der Waals surface area contributed by atoms with Crippen LogP contribution in [-0.2, 0) is 4.79 Å². The summed E-state index contributed by atoms with van der Waals surface area (Å²) in [5, 5.41) is 8.69. The van der Waals surface area contributed by atoms with Gasteiger partial charge in [0.15, 0.2) is 0 Å². The van der Waals surface area contributed by atoms with Gasteiger partial charge in [0, 0.05) is 12.7 Å². The molecular weight excluding hydrogens is 210 g/mol. The minimum absolute atomic E-state index is 0.0654. The topological polar surface area (TPSA) is 96.5 Å². The normalized spacial score (nSPS) is 9.81. The quantitative estimate of drug-likeness (QED) is 0.737. The highest BCUT2D eigenvalue weighted by molar-refractivity contribution is 5.87. The molecule has 1 rings (SSSR count). The minimum Gasteiger partial charge on any atom is -0.478 e. The van der Waals surface area contributed by atoms with E-state index in [4.69, 9.17) is 10.8 Å². The summed E-state index contributed by atoms with van der Waals surface area (Å²) in [5.74, 6) is -0.950. The zero-order chi connectivity index (χ0) is 12.1. The molecule has 0 saturated heterocycles. The number of likely N-dealkylation sites (N-methyl/N-ethyl adjacent to an activating group) is 1. The Balaban J connectivity index is 2.86. The number of rotatable bonds is 5. The van der Waals surface area contributed by atoms with Gasteiger partial charge < -0.3 is 15.7 Å². The van der Waals surface area contributed by atoms with Crippen molar-refractivity contribution in [1.29, 1.82) is 0 Å². The van der Waals surface area contributed by atoms with Gasteiger partial charge in [-0.2, -0.15) is 0 Å². The van der Waals surface area contributed by atoms with Crippen LogP contribution in [0.3, 0.4) is 0 Å². The van der Waals surface area contributed by atoms with Crippen LogP contribution in [-0.4, -0.2) is 35.1 Å². The maximum Gasteiger partial charge on any atom is 0.337 e.